The van der Waals surface area contributed by atoms with Gasteiger partial charge in [-0.3, -0.25) is 4.79 Å². The zero-order valence-electron chi connectivity index (χ0n) is 16.6. The lowest BCUT2D eigenvalue weighted by atomic mass is 10.0. The quantitative estimate of drug-likeness (QED) is 0.295. The van der Waals surface area contributed by atoms with Gasteiger partial charge in [-0.1, -0.05) is 6.92 Å². The molecule has 0 fully saturated rings. The van der Waals surface area contributed by atoms with Crippen LogP contribution in [0.2, 0.25) is 0 Å². The van der Waals surface area contributed by atoms with E-state index >= 15 is 0 Å². The van der Waals surface area contributed by atoms with E-state index in [4.69, 9.17) is 14.2 Å². The van der Waals surface area contributed by atoms with Crippen molar-refractivity contribution in [2.75, 3.05) is 20.8 Å². The van der Waals surface area contributed by atoms with Crippen molar-refractivity contribution >= 4 is 28.4 Å². The molecule has 152 valence electrons. The second-order valence-electron chi connectivity index (χ2n) is 6.38. The molecular weight excluding hydrogens is 473 g/mol. The zero-order valence-corrected chi connectivity index (χ0v) is 18.8. The van der Waals surface area contributed by atoms with Crippen LogP contribution in [0.15, 0.2) is 24.3 Å². The topological polar surface area (TPSA) is 77.9 Å². The van der Waals surface area contributed by atoms with Gasteiger partial charge in [0.15, 0.2) is 23.0 Å². The van der Waals surface area contributed by atoms with E-state index in [1.165, 1.54) is 0 Å². The third-order valence-electron chi connectivity index (χ3n) is 4.27. The summed E-state index contributed by atoms with van der Waals surface area (Å²) in [6.07, 6.45) is 0.544. The van der Waals surface area contributed by atoms with Gasteiger partial charge in [0.25, 0.3) is 0 Å². The van der Waals surface area contributed by atoms with Crippen LogP contribution in [0, 0.1) is 10.6 Å². The lowest BCUT2D eigenvalue weighted by molar-refractivity contribution is 0.0937. The molecule has 1 aromatic heterocycles. The minimum Gasteiger partial charge on any atom is -0.494 e. The highest BCUT2D eigenvalue weighted by molar-refractivity contribution is 14.1. The molecule has 2 aromatic rings. The van der Waals surface area contributed by atoms with Gasteiger partial charge in [0, 0.05) is 12.0 Å². The first-order chi connectivity index (χ1) is 13.4. The number of ketones is 1. The fourth-order valence-electron chi connectivity index (χ4n) is 2.79. The lowest BCUT2D eigenvalue weighted by Gasteiger charge is -2.14. The highest BCUT2D eigenvalue weighted by Gasteiger charge is 2.17. The summed E-state index contributed by atoms with van der Waals surface area (Å²) in [6.45, 7) is 4.51. The van der Waals surface area contributed by atoms with Crippen molar-refractivity contribution in [1.29, 1.82) is 0 Å². The number of methoxy groups -OCH3 is 2. The number of carbonyl (C=O) groups excluding carboxylic acids is 1. The molecule has 7 heteroatoms. The van der Waals surface area contributed by atoms with Crippen LogP contribution in [-0.2, 0) is 0 Å². The number of hydrogen-bond acceptors (Lipinski definition) is 6. The van der Waals surface area contributed by atoms with Crippen LogP contribution in [0.4, 0.5) is 0 Å². The van der Waals surface area contributed by atoms with Gasteiger partial charge in [0.1, 0.15) is 3.70 Å². The van der Waals surface area contributed by atoms with Gasteiger partial charge in [-0.2, -0.15) is 0 Å². The van der Waals surface area contributed by atoms with Crippen molar-refractivity contribution in [1.82, 2.24) is 4.98 Å². The number of Topliss-reactive ketones (excluding diaryl/α,β-unsaturated/α-hetero) is 1. The minimum atomic E-state index is -0.823. The summed E-state index contributed by atoms with van der Waals surface area (Å²) in [4.78, 5) is 16.9. The average molecular weight is 499 g/mol. The van der Waals surface area contributed by atoms with Crippen molar-refractivity contribution in [2.45, 2.75) is 39.2 Å². The van der Waals surface area contributed by atoms with Crippen LogP contribution in [-0.4, -0.2) is 36.7 Å². The maximum absolute atomic E-state index is 12.6. The standard InChI is InChI=1S/C21H26INO5/c1-5-10-28-18-9-6-14(12-19(18)26-3)16(24)7-8-17(25)15-11-13(2)20(27-4)21(22)23-15/h6,9,11-12,17,25H,5,7-8,10H2,1-4H3. The molecule has 1 unspecified atom stereocenters. The van der Waals surface area contributed by atoms with E-state index in [0.717, 1.165) is 12.0 Å². The summed E-state index contributed by atoms with van der Waals surface area (Å²) in [7, 11) is 3.14. The number of halogens is 1. The summed E-state index contributed by atoms with van der Waals surface area (Å²) in [5.41, 5.74) is 1.97. The normalized spacial score (nSPS) is 11.8. The van der Waals surface area contributed by atoms with Gasteiger partial charge in [-0.15, -0.1) is 0 Å². The Morgan fingerprint density at radius 3 is 2.57 bits per heavy atom. The van der Waals surface area contributed by atoms with E-state index in [1.807, 2.05) is 13.8 Å². The van der Waals surface area contributed by atoms with Crippen molar-refractivity contribution in [3.8, 4) is 17.2 Å². The van der Waals surface area contributed by atoms with Crippen LogP contribution >= 0.6 is 22.6 Å². The van der Waals surface area contributed by atoms with Crippen LogP contribution in [0.3, 0.4) is 0 Å². The maximum Gasteiger partial charge on any atom is 0.163 e. The summed E-state index contributed by atoms with van der Waals surface area (Å²) in [5, 5.41) is 10.5. The second-order valence-corrected chi connectivity index (χ2v) is 7.40. The monoisotopic (exact) mass is 499 g/mol. The number of rotatable bonds is 10. The predicted molar refractivity (Wildman–Crippen MR) is 116 cm³/mol. The van der Waals surface area contributed by atoms with Gasteiger partial charge in [-0.25, -0.2) is 4.98 Å². The highest BCUT2D eigenvalue weighted by Crippen LogP contribution is 2.30. The van der Waals surface area contributed by atoms with Crippen molar-refractivity contribution in [3.05, 3.63) is 44.8 Å². The molecule has 0 radical (unpaired) electrons. The third kappa shape index (κ3) is 5.57. The number of aromatic nitrogens is 1. The van der Waals surface area contributed by atoms with Crippen molar-refractivity contribution in [2.24, 2.45) is 0 Å². The summed E-state index contributed by atoms with van der Waals surface area (Å²) in [5.74, 6) is 1.78. The smallest absolute Gasteiger partial charge is 0.163 e. The summed E-state index contributed by atoms with van der Waals surface area (Å²) >= 11 is 2.08. The van der Waals surface area contributed by atoms with E-state index < -0.39 is 6.10 Å². The number of pyridine rings is 1. The predicted octanol–water partition coefficient (Wildman–Crippen LogP) is 4.50. The number of aliphatic hydroxyl groups is 1. The SMILES string of the molecule is CCCOc1ccc(C(=O)CCC(O)c2cc(C)c(OC)c(I)n2)cc1OC. The Kier molecular flexibility index (Phi) is 8.50. The Morgan fingerprint density at radius 1 is 1.21 bits per heavy atom. The number of hydrogen-bond donors (Lipinski definition) is 1. The number of carbonyl (C=O) groups is 1. The molecule has 0 saturated carbocycles. The van der Waals surface area contributed by atoms with Crippen LogP contribution < -0.4 is 14.2 Å². The molecule has 0 bridgehead atoms. The van der Waals surface area contributed by atoms with Gasteiger partial charge in [-0.05, 0) is 72.2 Å². The largest absolute Gasteiger partial charge is 0.494 e. The molecule has 0 aliphatic carbocycles. The van der Waals surface area contributed by atoms with Gasteiger partial charge >= 0.3 is 0 Å². The van der Waals surface area contributed by atoms with E-state index in [2.05, 4.69) is 27.6 Å². The molecule has 1 atom stereocenters. The molecule has 0 aliphatic heterocycles. The van der Waals surface area contributed by atoms with Gasteiger partial charge in [0.2, 0.25) is 0 Å². The Balaban J connectivity index is 2.05. The molecule has 2 rings (SSSR count). The molecular formula is C21H26INO5. The van der Waals surface area contributed by atoms with Crippen molar-refractivity contribution in [3.63, 3.8) is 0 Å². The molecule has 0 aliphatic rings. The fraction of sp³-hybridized carbons (Fsp3) is 0.429. The van der Waals surface area contributed by atoms with Crippen LogP contribution in [0.5, 0.6) is 17.2 Å². The average Bonchev–Trinajstić information content (AvgIpc) is 2.69. The Hall–Kier alpha value is -1.87. The van der Waals surface area contributed by atoms with Gasteiger partial charge in [0.05, 0.1) is 32.6 Å². The first-order valence-electron chi connectivity index (χ1n) is 9.14. The number of aliphatic hydroxyl groups excluding tert-OH is 1. The summed E-state index contributed by atoms with van der Waals surface area (Å²) < 4.78 is 16.9. The maximum atomic E-state index is 12.6. The second kappa shape index (κ2) is 10.6. The molecule has 0 spiro atoms. The third-order valence-corrected chi connectivity index (χ3v) is 5.01. The van der Waals surface area contributed by atoms with E-state index in [-0.39, 0.29) is 18.6 Å². The molecule has 1 heterocycles. The molecule has 0 saturated heterocycles. The molecule has 1 N–H and O–H groups in total. The zero-order chi connectivity index (χ0) is 20.7. The number of aryl methyl sites for hydroxylation is 1. The molecule has 28 heavy (non-hydrogen) atoms. The van der Waals surface area contributed by atoms with E-state index in [9.17, 15) is 9.90 Å². The molecule has 1 aromatic carbocycles. The fourth-order valence-corrected chi connectivity index (χ4v) is 3.72. The number of ether oxygens (including phenoxy) is 3. The Labute approximate surface area is 179 Å². The van der Waals surface area contributed by atoms with Crippen LogP contribution in [0.25, 0.3) is 0 Å². The van der Waals surface area contributed by atoms with E-state index in [0.29, 0.717) is 38.8 Å². The molecule has 0 amide bonds. The highest BCUT2D eigenvalue weighted by atomic mass is 127. The van der Waals surface area contributed by atoms with E-state index in [1.54, 1.807) is 38.5 Å². The molecule has 6 nitrogen and oxygen atoms in total. The minimum absolute atomic E-state index is 0.0701. The number of nitrogens with zero attached hydrogens (tertiary/aromatic N) is 1. The number of benzene rings is 1. The Bertz CT molecular complexity index is 801. The van der Waals surface area contributed by atoms with Gasteiger partial charge < -0.3 is 19.3 Å². The first kappa shape index (κ1) is 22.4. The van der Waals surface area contributed by atoms with Crippen LogP contribution in [0.1, 0.15) is 53.9 Å². The summed E-state index contributed by atoms with van der Waals surface area (Å²) in [6, 6.07) is 6.94. The Morgan fingerprint density at radius 2 is 1.96 bits per heavy atom. The van der Waals surface area contributed by atoms with Crippen molar-refractivity contribution < 1.29 is 24.1 Å². The lowest BCUT2D eigenvalue weighted by Crippen LogP contribution is -2.08. The first-order valence-corrected chi connectivity index (χ1v) is 10.2.